The number of para-hydroxylation sites is 1. The Morgan fingerprint density at radius 1 is 1.15 bits per heavy atom. The number of ether oxygens (including phenoxy) is 1. The summed E-state index contributed by atoms with van der Waals surface area (Å²) in [5.41, 5.74) is 7.66. The number of fused-ring (bicyclic) bond motifs is 1. The van der Waals surface area contributed by atoms with Crippen molar-refractivity contribution in [3.05, 3.63) is 83.4 Å². The summed E-state index contributed by atoms with van der Waals surface area (Å²) in [7, 11) is 0. The van der Waals surface area contributed by atoms with Crippen LogP contribution in [0.4, 0.5) is 13.6 Å². The van der Waals surface area contributed by atoms with Gasteiger partial charge in [0.1, 0.15) is 22.5 Å². The lowest BCUT2D eigenvalue weighted by Crippen LogP contribution is -2.15. The lowest BCUT2D eigenvalue weighted by molar-refractivity contribution is 0.145. The zero-order valence-electron chi connectivity index (χ0n) is 18.1. The molecule has 4 rings (SSSR count). The summed E-state index contributed by atoms with van der Waals surface area (Å²) < 4.78 is 34.6. The number of carbonyl (C=O) groups excluding carboxylic acids is 1. The molecular formula is C24H22F2N4O2S. The molecule has 6 nitrogen and oxygen atoms in total. The van der Waals surface area contributed by atoms with Gasteiger partial charge in [0.15, 0.2) is 6.61 Å². The molecular weight excluding hydrogens is 446 g/mol. The standard InChI is InChI=1S/C24H22F2N4O2S/c1-14(2)22-23(33-19-9-17(25)8-18(26)10-19)30(21(29-22)13-32-24(27)31)12-15-7-16-5-3-4-6-20(16)28-11-15/h3-11,14H,12-13H2,1-2H3,(H2,27,31). The molecule has 33 heavy (non-hydrogen) atoms. The highest BCUT2D eigenvalue weighted by Crippen LogP contribution is 2.36. The number of halogens is 2. The van der Waals surface area contributed by atoms with Crippen molar-refractivity contribution in [2.75, 3.05) is 0 Å². The first-order chi connectivity index (χ1) is 15.8. The molecule has 4 aromatic rings. The Labute approximate surface area is 193 Å². The van der Waals surface area contributed by atoms with E-state index >= 15 is 0 Å². The van der Waals surface area contributed by atoms with E-state index in [0.29, 0.717) is 22.3 Å². The molecule has 2 aromatic heterocycles. The van der Waals surface area contributed by atoms with Crippen molar-refractivity contribution in [3.63, 3.8) is 0 Å². The van der Waals surface area contributed by atoms with Crippen LogP contribution in [-0.4, -0.2) is 20.6 Å². The summed E-state index contributed by atoms with van der Waals surface area (Å²) in [6.45, 7) is 4.18. The fourth-order valence-corrected chi connectivity index (χ4v) is 4.71. The normalized spacial score (nSPS) is 11.3. The molecule has 0 spiro atoms. The van der Waals surface area contributed by atoms with E-state index in [-0.39, 0.29) is 12.5 Å². The van der Waals surface area contributed by atoms with Crippen molar-refractivity contribution >= 4 is 28.8 Å². The number of rotatable bonds is 7. The van der Waals surface area contributed by atoms with Crippen LogP contribution >= 0.6 is 11.8 Å². The number of nitrogens with two attached hydrogens (primary N) is 1. The third-order valence-electron chi connectivity index (χ3n) is 4.95. The maximum atomic E-state index is 13.8. The van der Waals surface area contributed by atoms with E-state index in [1.165, 1.54) is 23.9 Å². The molecule has 0 fully saturated rings. The van der Waals surface area contributed by atoms with Gasteiger partial charge in [-0.25, -0.2) is 18.6 Å². The fraction of sp³-hybridized carbons (Fsp3) is 0.208. The van der Waals surface area contributed by atoms with Crippen LogP contribution in [-0.2, 0) is 17.9 Å². The highest BCUT2D eigenvalue weighted by Gasteiger charge is 2.22. The van der Waals surface area contributed by atoms with Crippen molar-refractivity contribution < 1.29 is 18.3 Å². The predicted molar refractivity (Wildman–Crippen MR) is 122 cm³/mol. The van der Waals surface area contributed by atoms with Gasteiger partial charge in [-0.3, -0.25) is 4.98 Å². The first-order valence-corrected chi connectivity index (χ1v) is 11.1. The third-order valence-corrected chi connectivity index (χ3v) is 6.05. The quantitative estimate of drug-likeness (QED) is 0.380. The van der Waals surface area contributed by atoms with E-state index in [0.717, 1.165) is 28.2 Å². The van der Waals surface area contributed by atoms with Crippen LogP contribution in [0, 0.1) is 11.6 Å². The van der Waals surface area contributed by atoms with Gasteiger partial charge in [-0.1, -0.05) is 43.8 Å². The van der Waals surface area contributed by atoms with E-state index in [1.54, 1.807) is 6.20 Å². The van der Waals surface area contributed by atoms with Gasteiger partial charge in [-0.05, 0) is 35.7 Å². The van der Waals surface area contributed by atoms with Gasteiger partial charge in [-0.2, -0.15) is 0 Å². The number of nitrogens with zero attached hydrogens (tertiary/aromatic N) is 3. The van der Waals surface area contributed by atoms with Crippen LogP contribution < -0.4 is 5.73 Å². The van der Waals surface area contributed by atoms with E-state index in [1.807, 2.05) is 48.7 Å². The molecule has 170 valence electrons. The van der Waals surface area contributed by atoms with Crippen LogP contribution in [0.5, 0.6) is 0 Å². The van der Waals surface area contributed by atoms with Gasteiger partial charge in [0, 0.05) is 22.5 Å². The van der Waals surface area contributed by atoms with Crippen molar-refractivity contribution in [2.24, 2.45) is 5.73 Å². The van der Waals surface area contributed by atoms with Gasteiger partial charge in [-0.15, -0.1) is 0 Å². The largest absolute Gasteiger partial charge is 0.442 e. The molecule has 1 amide bonds. The van der Waals surface area contributed by atoms with Crippen LogP contribution in [0.25, 0.3) is 10.9 Å². The summed E-state index contributed by atoms with van der Waals surface area (Å²) in [4.78, 5) is 20.8. The zero-order chi connectivity index (χ0) is 23.5. The zero-order valence-corrected chi connectivity index (χ0v) is 18.9. The monoisotopic (exact) mass is 468 g/mol. The molecule has 0 atom stereocenters. The molecule has 0 saturated carbocycles. The second-order valence-corrected chi connectivity index (χ2v) is 8.87. The third kappa shape index (κ3) is 5.31. The van der Waals surface area contributed by atoms with E-state index < -0.39 is 17.7 Å². The van der Waals surface area contributed by atoms with Crippen LogP contribution in [0.3, 0.4) is 0 Å². The molecule has 0 unspecified atom stereocenters. The number of carbonyl (C=O) groups is 1. The van der Waals surface area contributed by atoms with Gasteiger partial charge < -0.3 is 15.0 Å². The maximum Gasteiger partial charge on any atom is 0.404 e. The average molecular weight is 469 g/mol. The Hall–Kier alpha value is -3.46. The first kappa shape index (κ1) is 22.7. The second kappa shape index (κ2) is 9.58. The molecule has 0 saturated heterocycles. The number of hydrogen-bond donors (Lipinski definition) is 1. The number of hydrogen-bond acceptors (Lipinski definition) is 5. The number of imidazole rings is 1. The Morgan fingerprint density at radius 2 is 1.88 bits per heavy atom. The molecule has 0 aliphatic carbocycles. The average Bonchev–Trinajstić information content (AvgIpc) is 3.08. The Kier molecular flexibility index (Phi) is 6.60. The van der Waals surface area contributed by atoms with Crippen molar-refractivity contribution in [2.45, 2.75) is 42.8 Å². The smallest absolute Gasteiger partial charge is 0.404 e. The number of primary amides is 1. The molecule has 2 heterocycles. The second-order valence-electron chi connectivity index (χ2n) is 7.81. The minimum absolute atomic E-state index is 0.00853. The summed E-state index contributed by atoms with van der Waals surface area (Å²) in [6.07, 6.45) is 0.858. The van der Waals surface area contributed by atoms with Gasteiger partial charge in [0.05, 0.1) is 17.8 Å². The predicted octanol–water partition coefficient (Wildman–Crippen LogP) is 5.63. The molecule has 9 heteroatoms. The summed E-state index contributed by atoms with van der Waals surface area (Å²) in [5, 5.41) is 1.68. The molecule has 0 radical (unpaired) electrons. The number of amides is 1. The first-order valence-electron chi connectivity index (χ1n) is 10.3. The molecule has 0 aliphatic rings. The van der Waals surface area contributed by atoms with Crippen LogP contribution in [0.15, 0.2) is 64.6 Å². The van der Waals surface area contributed by atoms with E-state index in [9.17, 15) is 13.6 Å². The molecule has 2 aromatic carbocycles. The minimum Gasteiger partial charge on any atom is -0.442 e. The SMILES string of the molecule is CC(C)c1nc(COC(N)=O)n(Cc2cnc3ccccc3c2)c1Sc1cc(F)cc(F)c1. The van der Waals surface area contributed by atoms with Gasteiger partial charge >= 0.3 is 6.09 Å². The maximum absolute atomic E-state index is 13.8. The number of aromatic nitrogens is 3. The topological polar surface area (TPSA) is 83.0 Å². The lowest BCUT2D eigenvalue weighted by atomic mass is 10.1. The van der Waals surface area contributed by atoms with Crippen LogP contribution in [0.1, 0.15) is 36.8 Å². The lowest BCUT2D eigenvalue weighted by Gasteiger charge is -2.14. The Bertz CT molecular complexity index is 1300. The summed E-state index contributed by atoms with van der Waals surface area (Å²) in [6, 6.07) is 13.2. The number of benzene rings is 2. The molecule has 2 N–H and O–H groups in total. The van der Waals surface area contributed by atoms with Crippen molar-refractivity contribution in [1.29, 1.82) is 0 Å². The highest BCUT2D eigenvalue weighted by atomic mass is 32.2. The minimum atomic E-state index is -0.913. The fourth-order valence-electron chi connectivity index (χ4n) is 3.48. The Morgan fingerprint density at radius 3 is 2.58 bits per heavy atom. The summed E-state index contributed by atoms with van der Waals surface area (Å²) >= 11 is 1.20. The number of pyridine rings is 1. The van der Waals surface area contributed by atoms with Crippen molar-refractivity contribution in [1.82, 2.24) is 14.5 Å². The summed E-state index contributed by atoms with van der Waals surface area (Å²) in [5.74, 6) is -0.837. The highest BCUT2D eigenvalue weighted by molar-refractivity contribution is 7.99. The van der Waals surface area contributed by atoms with Gasteiger partial charge in [0.25, 0.3) is 0 Å². The van der Waals surface area contributed by atoms with Gasteiger partial charge in [0.2, 0.25) is 0 Å². The van der Waals surface area contributed by atoms with E-state index in [4.69, 9.17) is 10.5 Å². The Balaban J connectivity index is 1.80. The van der Waals surface area contributed by atoms with Crippen molar-refractivity contribution in [3.8, 4) is 0 Å². The van der Waals surface area contributed by atoms with Crippen LogP contribution in [0.2, 0.25) is 0 Å². The molecule has 0 aliphatic heterocycles. The van der Waals surface area contributed by atoms with E-state index in [2.05, 4.69) is 9.97 Å². The molecule has 0 bridgehead atoms.